The lowest BCUT2D eigenvalue weighted by Crippen LogP contribution is -1.73. The first-order valence-corrected chi connectivity index (χ1v) is 8.52. The zero-order valence-electron chi connectivity index (χ0n) is 14.4. The topological polar surface area (TPSA) is 24.7 Å². The van der Waals surface area contributed by atoms with Gasteiger partial charge in [-0.2, -0.15) is 0 Å². The van der Waals surface area contributed by atoms with Crippen molar-refractivity contribution in [2.75, 3.05) is 0 Å². The van der Waals surface area contributed by atoms with Crippen molar-refractivity contribution < 1.29 is 0 Å². The van der Waals surface area contributed by atoms with E-state index in [1.165, 1.54) is 0 Å². The molecule has 0 aliphatic rings. The number of rotatable bonds is 6. The normalized spacial score (nSPS) is 12.0. The second-order valence-electron chi connectivity index (χ2n) is 5.58. The number of benzene rings is 3. The molecule has 0 amide bonds. The van der Waals surface area contributed by atoms with E-state index in [2.05, 4.69) is 34.3 Å². The zero-order chi connectivity index (χ0) is 17.9. The maximum Gasteiger partial charge on any atom is 0.0886 e. The third kappa shape index (κ3) is 5.53. The van der Waals surface area contributed by atoms with Crippen LogP contribution >= 0.6 is 0 Å². The number of hydrogen-bond donors (Lipinski definition) is 0. The number of aliphatic imine (C=N–C) groups is 2. The molecule has 0 fully saturated rings. The van der Waals surface area contributed by atoms with Crippen molar-refractivity contribution >= 4 is 36.0 Å². The van der Waals surface area contributed by atoms with Crippen LogP contribution < -0.4 is 0 Å². The number of hydrogen-bond acceptors (Lipinski definition) is 2. The van der Waals surface area contributed by atoms with Gasteiger partial charge in [0.15, 0.2) is 0 Å². The van der Waals surface area contributed by atoms with Gasteiger partial charge < -0.3 is 0 Å². The van der Waals surface area contributed by atoms with Gasteiger partial charge in [-0.3, -0.25) is 9.98 Å². The molecule has 2 heteroatoms. The highest BCUT2D eigenvalue weighted by Crippen LogP contribution is 2.26. The van der Waals surface area contributed by atoms with Gasteiger partial charge in [0.05, 0.1) is 11.4 Å². The molecule has 3 aromatic carbocycles. The van der Waals surface area contributed by atoms with E-state index in [-0.39, 0.29) is 0 Å². The molecule has 126 valence electrons. The fourth-order valence-corrected chi connectivity index (χ4v) is 2.37. The fourth-order valence-electron chi connectivity index (χ4n) is 2.37. The minimum absolute atomic E-state index is 0.842. The summed E-state index contributed by atoms with van der Waals surface area (Å²) in [5.74, 6) is 0. The highest BCUT2D eigenvalue weighted by molar-refractivity contribution is 5.85. The minimum atomic E-state index is 0.842. The number of allylic oxidation sites excluding steroid dienone is 2. The maximum atomic E-state index is 4.51. The van der Waals surface area contributed by atoms with Gasteiger partial charge in [-0.05, 0) is 35.4 Å². The smallest absolute Gasteiger partial charge is 0.0886 e. The third-order valence-corrected chi connectivity index (χ3v) is 3.66. The summed E-state index contributed by atoms with van der Waals surface area (Å²) in [6.45, 7) is 0. The highest BCUT2D eigenvalue weighted by atomic mass is 14.8. The summed E-state index contributed by atoms with van der Waals surface area (Å²) in [4.78, 5) is 9.02. The predicted molar refractivity (Wildman–Crippen MR) is 114 cm³/mol. The molecule has 0 saturated carbocycles. The summed E-state index contributed by atoms with van der Waals surface area (Å²) in [7, 11) is 0. The Labute approximate surface area is 154 Å². The second-order valence-corrected chi connectivity index (χ2v) is 5.58. The van der Waals surface area contributed by atoms with Crippen molar-refractivity contribution in [1.82, 2.24) is 0 Å². The van der Waals surface area contributed by atoms with Crippen LogP contribution in [0.25, 0.3) is 12.2 Å². The molecule has 0 N–H and O–H groups in total. The van der Waals surface area contributed by atoms with E-state index >= 15 is 0 Å². The molecule has 0 aliphatic heterocycles. The van der Waals surface area contributed by atoms with Gasteiger partial charge in [-0.25, -0.2) is 0 Å². The molecule has 3 rings (SSSR count). The van der Waals surface area contributed by atoms with Crippen molar-refractivity contribution in [3.8, 4) is 0 Å². The van der Waals surface area contributed by atoms with E-state index in [0.717, 1.165) is 22.5 Å². The fraction of sp³-hybridized carbons (Fsp3) is 0. The molecule has 2 nitrogen and oxygen atoms in total. The van der Waals surface area contributed by atoms with Gasteiger partial charge in [0.1, 0.15) is 0 Å². The Kier molecular flexibility index (Phi) is 6.46. The molecule has 0 radical (unpaired) electrons. The summed E-state index contributed by atoms with van der Waals surface area (Å²) < 4.78 is 0. The Morgan fingerprint density at radius 1 is 0.462 bits per heavy atom. The lowest BCUT2D eigenvalue weighted by Gasteiger charge is -1.98. The van der Waals surface area contributed by atoms with Crippen LogP contribution in [0.3, 0.4) is 0 Å². The lowest BCUT2D eigenvalue weighted by molar-refractivity contribution is 1.47. The Morgan fingerprint density at radius 3 is 1.27 bits per heavy atom. The lowest BCUT2D eigenvalue weighted by atomic mass is 10.2. The van der Waals surface area contributed by atoms with E-state index in [9.17, 15) is 0 Å². The molecule has 0 spiro atoms. The van der Waals surface area contributed by atoms with Crippen LogP contribution in [0.4, 0.5) is 11.4 Å². The summed E-state index contributed by atoms with van der Waals surface area (Å²) in [6.07, 6.45) is 11.5. The summed E-state index contributed by atoms with van der Waals surface area (Å²) in [5, 5.41) is 0. The summed E-state index contributed by atoms with van der Waals surface area (Å²) in [6, 6.07) is 28.2. The Morgan fingerprint density at radius 2 is 0.846 bits per heavy atom. The Balaban J connectivity index is 1.66. The van der Waals surface area contributed by atoms with Crippen molar-refractivity contribution in [2.45, 2.75) is 0 Å². The van der Waals surface area contributed by atoms with Crippen LogP contribution in [0.15, 0.2) is 107 Å². The first kappa shape index (κ1) is 17.3. The molecular weight excluding hydrogens is 316 g/mol. The summed E-state index contributed by atoms with van der Waals surface area (Å²) in [5.41, 5.74) is 3.98. The van der Waals surface area contributed by atoms with Gasteiger partial charge in [0.2, 0.25) is 0 Å². The van der Waals surface area contributed by atoms with Crippen LogP contribution in [-0.4, -0.2) is 12.4 Å². The quantitative estimate of drug-likeness (QED) is 0.458. The van der Waals surface area contributed by atoms with E-state index in [4.69, 9.17) is 0 Å². The zero-order valence-corrected chi connectivity index (χ0v) is 14.4. The van der Waals surface area contributed by atoms with Gasteiger partial charge in [0.25, 0.3) is 0 Å². The average molecular weight is 336 g/mol. The van der Waals surface area contributed by atoms with Crippen LogP contribution in [0, 0.1) is 0 Å². The first-order valence-electron chi connectivity index (χ1n) is 8.52. The summed E-state index contributed by atoms with van der Waals surface area (Å²) >= 11 is 0. The largest absolute Gasteiger partial charge is 0.255 e. The molecule has 0 aromatic heterocycles. The van der Waals surface area contributed by atoms with Crippen LogP contribution in [0.2, 0.25) is 0 Å². The van der Waals surface area contributed by atoms with Crippen molar-refractivity contribution in [3.63, 3.8) is 0 Å². The Hall–Kier alpha value is -3.52. The van der Waals surface area contributed by atoms with E-state index < -0.39 is 0 Å². The van der Waals surface area contributed by atoms with Gasteiger partial charge in [0, 0.05) is 12.4 Å². The van der Waals surface area contributed by atoms with E-state index in [1.807, 2.05) is 85.0 Å². The highest BCUT2D eigenvalue weighted by Gasteiger charge is 1.95. The van der Waals surface area contributed by atoms with Crippen LogP contribution in [-0.2, 0) is 0 Å². The van der Waals surface area contributed by atoms with Gasteiger partial charge >= 0.3 is 0 Å². The molecule has 3 aromatic rings. The predicted octanol–water partition coefficient (Wildman–Crippen LogP) is 6.52. The van der Waals surface area contributed by atoms with Crippen molar-refractivity contribution in [1.29, 1.82) is 0 Å². The first-order chi connectivity index (χ1) is 12.9. The number of nitrogens with zero attached hydrogens (tertiary/aromatic N) is 2. The Bertz CT molecular complexity index is 842. The third-order valence-electron chi connectivity index (χ3n) is 3.66. The molecule has 0 aliphatic carbocycles. The SMILES string of the molecule is C(/C=C/c1ccccc1)=Nc1ccccc1N=C/C=C/c1ccccc1. The molecule has 0 unspecified atom stereocenters. The molecule has 0 bridgehead atoms. The second kappa shape index (κ2) is 9.70. The van der Waals surface area contributed by atoms with Gasteiger partial charge in [-0.15, -0.1) is 0 Å². The molecule has 0 saturated heterocycles. The average Bonchev–Trinajstić information content (AvgIpc) is 2.71. The minimum Gasteiger partial charge on any atom is -0.255 e. The molecule has 0 atom stereocenters. The van der Waals surface area contributed by atoms with Gasteiger partial charge in [-0.1, -0.05) is 84.9 Å². The molecular formula is C24H20N2. The molecule has 0 heterocycles. The van der Waals surface area contributed by atoms with Crippen molar-refractivity contribution in [3.05, 3.63) is 108 Å². The van der Waals surface area contributed by atoms with Crippen LogP contribution in [0.1, 0.15) is 11.1 Å². The van der Waals surface area contributed by atoms with E-state index in [0.29, 0.717) is 0 Å². The monoisotopic (exact) mass is 336 g/mol. The molecule has 26 heavy (non-hydrogen) atoms. The maximum absolute atomic E-state index is 4.51. The van der Waals surface area contributed by atoms with Crippen molar-refractivity contribution in [2.24, 2.45) is 9.98 Å². The van der Waals surface area contributed by atoms with E-state index in [1.54, 1.807) is 12.4 Å². The number of para-hydroxylation sites is 2. The van der Waals surface area contributed by atoms with Crippen LogP contribution in [0.5, 0.6) is 0 Å². The standard InChI is InChI=1S/C24H20N2/c1-3-11-21(12-4-1)15-9-19-25-23-17-7-8-18-24(23)26-20-10-16-22-13-5-2-6-14-22/h1-20H/b15-9+,16-10+,25-19?,26-20?.